The van der Waals surface area contributed by atoms with Crippen molar-refractivity contribution in [3.05, 3.63) is 83.4 Å². The summed E-state index contributed by atoms with van der Waals surface area (Å²) >= 11 is 0. The number of rotatable bonds is 8. The molecule has 0 bridgehead atoms. The molecule has 1 aromatic carbocycles. The third kappa shape index (κ3) is 5.08. The molecule has 0 spiro atoms. The number of nitrogens with one attached hydrogen (secondary N) is 1. The molecule has 4 atom stereocenters. The second-order valence-corrected chi connectivity index (χ2v) is 8.13. The standard InChI is InChI=1S/C23H24N8O5/c24-17-6-9-30(23(34)29-17)22-21(33)20(32)16(36-22)12-25-11-14-2-4-15(5-3-14)35-19-10-18(26-13-27-19)31-8-1-7-28-31/h1-10,13,16,20-22,25,32-33H,11-12H2,(H2,24,29,34)/t16-,20-,21-,22-/m1/s1. The molecule has 13 heteroatoms. The van der Waals surface area contributed by atoms with Gasteiger partial charge in [-0.05, 0) is 29.8 Å². The molecule has 4 heterocycles. The van der Waals surface area contributed by atoms with Crippen LogP contribution in [0, 0.1) is 0 Å². The van der Waals surface area contributed by atoms with Gasteiger partial charge in [0.2, 0.25) is 5.88 Å². The van der Waals surface area contributed by atoms with Crippen LogP contribution in [0.5, 0.6) is 11.6 Å². The number of aliphatic hydroxyl groups excluding tert-OH is 2. The number of nitrogen functional groups attached to an aromatic ring is 1. The van der Waals surface area contributed by atoms with E-state index in [1.165, 1.54) is 18.6 Å². The Hall–Kier alpha value is -4.17. The van der Waals surface area contributed by atoms with Gasteiger partial charge in [0.05, 0.1) is 0 Å². The van der Waals surface area contributed by atoms with Crippen molar-refractivity contribution in [3.8, 4) is 17.4 Å². The number of ether oxygens (including phenoxy) is 2. The van der Waals surface area contributed by atoms with E-state index in [1.54, 1.807) is 29.2 Å². The lowest BCUT2D eigenvalue weighted by Crippen LogP contribution is -2.38. The predicted molar refractivity (Wildman–Crippen MR) is 126 cm³/mol. The van der Waals surface area contributed by atoms with E-state index < -0.39 is 30.2 Å². The Bertz CT molecular complexity index is 1360. The van der Waals surface area contributed by atoms with E-state index >= 15 is 0 Å². The van der Waals surface area contributed by atoms with Crippen LogP contribution in [-0.4, -0.2) is 64.4 Å². The van der Waals surface area contributed by atoms with Crippen LogP contribution in [0.1, 0.15) is 11.8 Å². The van der Waals surface area contributed by atoms with E-state index in [2.05, 4.69) is 25.4 Å². The minimum atomic E-state index is -1.29. The van der Waals surface area contributed by atoms with Crippen molar-refractivity contribution >= 4 is 5.82 Å². The Labute approximate surface area is 204 Å². The van der Waals surface area contributed by atoms with E-state index in [1.807, 2.05) is 24.3 Å². The minimum absolute atomic E-state index is 0.0648. The van der Waals surface area contributed by atoms with Crippen molar-refractivity contribution in [1.82, 2.24) is 34.6 Å². The van der Waals surface area contributed by atoms with Gasteiger partial charge < -0.3 is 30.7 Å². The molecule has 0 aliphatic carbocycles. The molecule has 0 saturated carbocycles. The van der Waals surface area contributed by atoms with Crippen LogP contribution in [0.25, 0.3) is 5.82 Å². The fraction of sp³-hybridized carbons (Fsp3) is 0.261. The quantitative estimate of drug-likeness (QED) is 0.260. The molecule has 36 heavy (non-hydrogen) atoms. The molecule has 0 radical (unpaired) electrons. The molecule has 1 aliphatic rings. The number of nitrogens with zero attached hydrogens (tertiary/aromatic N) is 6. The lowest BCUT2D eigenvalue weighted by molar-refractivity contribution is -0.0390. The van der Waals surface area contributed by atoms with Crippen LogP contribution in [0.3, 0.4) is 0 Å². The SMILES string of the molecule is Nc1ccn([C@@H]2O[C@H](CNCc3ccc(Oc4cc(-n5cccn5)ncn4)cc3)[C@@H](O)[C@H]2O)c(=O)n1. The average molecular weight is 492 g/mol. The Morgan fingerprint density at radius 3 is 2.69 bits per heavy atom. The average Bonchev–Trinajstić information content (AvgIpc) is 3.51. The minimum Gasteiger partial charge on any atom is -0.439 e. The Morgan fingerprint density at radius 2 is 1.94 bits per heavy atom. The smallest absolute Gasteiger partial charge is 0.351 e. The van der Waals surface area contributed by atoms with E-state index in [0.717, 1.165) is 10.1 Å². The summed E-state index contributed by atoms with van der Waals surface area (Å²) in [4.78, 5) is 24.0. The summed E-state index contributed by atoms with van der Waals surface area (Å²) in [6, 6.07) is 12.3. The Kier molecular flexibility index (Phi) is 6.69. The fourth-order valence-electron chi connectivity index (χ4n) is 3.82. The first-order valence-corrected chi connectivity index (χ1v) is 11.1. The molecule has 5 rings (SSSR count). The number of hydrogen-bond acceptors (Lipinski definition) is 11. The first kappa shape index (κ1) is 23.6. The summed E-state index contributed by atoms with van der Waals surface area (Å²) in [5.41, 5.74) is 5.80. The van der Waals surface area contributed by atoms with Gasteiger partial charge in [-0.25, -0.2) is 19.4 Å². The molecule has 3 aromatic heterocycles. The normalized spacial score (nSPS) is 21.5. The molecular formula is C23H24N8O5. The monoisotopic (exact) mass is 492 g/mol. The van der Waals surface area contributed by atoms with Crippen molar-refractivity contribution in [2.24, 2.45) is 0 Å². The van der Waals surface area contributed by atoms with E-state index in [-0.39, 0.29) is 12.4 Å². The lowest BCUT2D eigenvalue weighted by atomic mass is 10.1. The zero-order chi connectivity index (χ0) is 25.1. The van der Waals surface area contributed by atoms with Crippen molar-refractivity contribution in [1.29, 1.82) is 0 Å². The van der Waals surface area contributed by atoms with E-state index in [4.69, 9.17) is 15.2 Å². The van der Waals surface area contributed by atoms with Crippen molar-refractivity contribution in [2.45, 2.75) is 31.1 Å². The summed E-state index contributed by atoms with van der Waals surface area (Å²) in [6.07, 6.45) is 1.98. The van der Waals surface area contributed by atoms with E-state index in [0.29, 0.717) is 24.0 Å². The first-order chi connectivity index (χ1) is 17.5. The van der Waals surface area contributed by atoms with Crippen LogP contribution in [0.4, 0.5) is 5.82 Å². The molecule has 186 valence electrons. The molecule has 1 fully saturated rings. The van der Waals surface area contributed by atoms with Gasteiger partial charge in [0.15, 0.2) is 12.0 Å². The highest BCUT2D eigenvalue weighted by Crippen LogP contribution is 2.28. The van der Waals surface area contributed by atoms with Crippen LogP contribution in [0.2, 0.25) is 0 Å². The highest BCUT2D eigenvalue weighted by molar-refractivity contribution is 5.33. The molecule has 0 unspecified atom stereocenters. The highest BCUT2D eigenvalue weighted by atomic mass is 16.6. The summed E-state index contributed by atoms with van der Waals surface area (Å²) in [5.74, 6) is 1.64. The van der Waals surface area contributed by atoms with Gasteiger partial charge in [-0.3, -0.25) is 4.57 Å². The summed E-state index contributed by atoms with van der Waals surface area (Å²) < 4.78 is 14.3. The van der Waals surface area contributed by atoms with Crippen molar-refractivity contribution in [3.63, 3.8) is 0 Å². The zero-order valence-corrected chi connectivity index (χ0v) is 19.0. The Morgan fingerprint density at radius 1 is 1.11 bits per heavy atom. The number of aliphatic hydroxyl groups is 2. The van der Waals surface area contributed by atoms with E-state index in [9.17, 15) is 15.0 Å². The molecule has 5 N–H and O–H groups in total. The summed E-state index contributed by atoms with van der Waals surface area (Å²) in [7, 11) is 0. The summed E-state index contributed by atoms with van der Waals surface area (Å²) in [5, 5.41) is 28.1. The van der Waals surface area contributed by atoms with Gasteiger partial charge in [0.25, 0.3) is 0 Å². The third-order valence-electron chi connectivity index (χ3n) is 5.65. The molecule has 4 aromatic rings. The number of hydrogen-bond donors (Lipinski definition) is 4. The van der Waals surface area contributed by atoms with Gasteiger partial charge in [-0.1, -0.05) is 12.1 Å². The number of benzene rings is 1. The number of nitrogens with two attached hydrogens (primary N) is 1. The maximum absolute atomic E-state index is 12.1. The Balaban J connectivity index is 1.14. The van der Waals surface area contributed by atoms with Gasteiger partial charge in [-0.15, -0.1) is 0 Å². The fourth-order valence-corrected chi connectivity index (χ4v) is 3.82. The molecule has 13 nitrogen and oxygen atoms in total. The van der Waals surface area contributed by atoms with Crippen LogP contribution >= 0.6 is 0 Å². The lowest BCUT2D eigenvalue weighted by Gasteiger charge is -2.17. The molecule has 1 aliphatic heterocycles. The van der Waals surface area contributed by atoms with Crippen LogP contribution in [0.15, 0.2) is 72.2 Å². The summed E-state index contributed by atoms with van der Waals surface area (Å²) in [6.45, 7) is 0.731. The highest BCUT2D eigenvalue weighted by Gasteiger charge is 2.43. The second-order valence-electron chi connectivity index (χ2n) is 8.13. The molecular weight excluding hydrogens is 468 g/mol. The van der Waals surface area contributed by atoms with Gasteiger partial charge >= 0.3 is 5.69 Å². The maximum atomic E-state index is 12.1. The molecule has 1 saturated heterocycles. The largest absolute Gasteiger partial charge is 0.439 e. The third-order valence-corrected chi connectivity index (χ3v) is 5.65. The zero-order valence-electron chi connectivity index (χ0n) is 19.0. The second kappa shape index (κ2) is 10.2. The molecule has 0 amide bonds. The number of anilines is 1. The maximum Gasteiger partial charge on any atom is 0.351 e. The van der Waals surface area contributed by atoms with Crippen LogP contribution in [-0.2, 0) is 11.3 Å². The van der Waals surface area contributed by atoms with Crippen molar-refractivity contribution < 1.29 is 19.7 Å². The van der Waals surface area contributed by atoms with Gasteiger partial charge in [0.1, 0.15) is 36.2 Å². The predicted octanol–water partition coefficient (Wildman–Crippen LogP) is 0.00250. The van der Waals surface area contributed by atoms with Gasteiger partial charge in [0, 0.05) is 37.7 Å². The topological polar surface area (TPSA) is 175 Å². The van der Waals surface area contributed by atoms with Crippen molar-refractivity contribution in [2.75, 3.05) is 12.3 Å². The van der Waals surface area contributed by atoms with Gasteiger partial charge in [-0.2, -0.15) is 10.1 Å². The first-order valence-electron chi connectivity index (χ1n) is 11.1. The number of aromatic nitrogens is 6. The van der Waals surface area contributed by atoms with Crippen LogP contribution < -0.4 is 21.5 Å².